The van der Waals surface area contributed by atoms with Gasteiger partial charge in [-0.2, -0.15) is 0 Å². The Balaban J connectivity index is 1.72. The molecule has 0 saturated carbocycles. The van der Waals surface area contributed by atoms with Crippen LogP contribution in [0.2, 0.25) is 0 Å². The number of hydrogen-bond acceptors (Lipinski definition) is 3. The number of ether oxygens (including phenoxy) is 1. The van der Waals surface area contributed by atoms with E-state index >= 15 is 0 Å². The molecule has 1 fully saturated rings. The van der Waals surface area contributed by atoms with Gasteiger partial charge in [-0.25, -0.2) is 4.39 Å². The molecule has 0 unspecified atom stereocenters. The molecule has 5 heteroatoms. The number of hydrogen-bond donors (Lipinski definition) is 1. The van der Waals surface area contributed by atoms with Crippen molar-refractivity contribution in [1.29, 1.82) is 0 Å². The van der Waals surface area contributed by atoms with Crippen LogP contribution >= 0.6 is 0 Å². The number of carbonyl (C=O) groups is 2. The van der Waals surface area contributed by atoms with Crippen LogP contribution in [0.3, 0.4) is 0 Å². The van der Waals surface area contributed by atoms with Gasteiger partial charge in [0, 0.05) is 25.3 Å². The molecule has 2 aromatic carbocycles. The zero-order valence-electron chi connectivity index (χ0n) is 14.9. The number of halogens is 1. The standard InChI is InChI=1S/C21H22FNO3/c1-13-3-5-14(6-4-13)9-16(24)11-17-18(12-23-21(17)25)15-7-8-20(26-2)19(22)10-15/h3-8,10,17-18H,9,11-12H2,1-2H3,(H,23,25)/t17-,18-/m0/s1. The fraction of sp³-hybridized carbons (Fsp3) is 0.333. The Hall–Kier alpha value is -2.69. The summed E-state index contributed by atoms with van der Waals surface area (Å²) in [5.41, 5.74) is 2.78. The Morgan fingerprint density at radius 1 is 1.23 bits per heavy atom. The summed E-state index contributed by atoms with van der Waals surface area (Å²) in [5.74, 6) is -1.13. The molecular weight excluding hydrogens is 333 g/mol. The second-order valence-corrected chi connectivity index (χ2v) is 6.76. The van der Waals surface area contributed by atoms with Gasteiger partial charge in [0.05, 0.1) is 13.0 Å². The number of amides is 1. The molecule has 0 aromatic heterocycles. The molecule has 1 aliphatic rings. The third-order valence-electron chi connectivity index (χ3n) is 4.89. The molecule has 0 aliphatic carbocycles. The van der Waals surface area contributed by atoms with E-state index in [9.17, 15) is 14.0 Å². The topological polar surface area (TPSA) is 55.4 Å². The fourth-order valence-electron chi connectivity index (χ4n) is 3.42. The summed E-state index contributed by atoms with van der Waals surface area (Å²) in [5, 5.41) is 2.80. The van der Waals surface area contributed by atoms with Crippen molar-refractivity contribution in [2.24, 2.45) is 5.92 Å². The van der Waals surface area contributed by atoms with E-state index in [2.05, 4.69) is 5.32 Å². The maximum absolute atomic E-state index is 14.0. The van der Waals surface area contributed by atoms with Crippen LogP contribution in [0.5, 0.6) is 5.75 Å². The third kappa shape index (κ3) is 3.93. The fourth-order valence-corrected chi connectivity index (χ4v) is 3.42. The van der Waals surface area contributed by atoms with Gasteiger partial charge in [0.15, 0.2) is 11.6 Å². The van der Waals surface area contributed by atoms with Crippen LogP contribution in [-0.4, -0.2) is 25.3 Å². The summed E-state index contributed by atoms with van der Waals surface area (Å²) in [4.78, 5) is 24.7. The highest BCUT2D eigenvalue weighted by Gasteiger charge is 2.37. The van der Waals surface area contributed by atoms with Crippen LogP contribution in [-0.2, 0) is 16.0 Å². The van der Waals surface area contributed by atoms with Crippen molar-refractivity contribution in [3.05, 3.63) is 65.0 Å². The summed E-state index contributed by atoms with van der Waals surface area (Å²) < 4.78 is 19.0. The summed E-state index contributed by atoms with van der Waals surface area (Å²) in [6.45, 7) is 2.40. The summed E-state index contributed by atoms with van der Waals surface area (Å²) in [7, 11) is 1.41. The molecule has 1 heterocycles. The van der Waals surface area contributed by atoms with Gasteiger partial charge in [0.1, 0.15) is 5.78 Å². The van der Waals surface area contributed by atoms with Crippen LogP contribution in [0.15, 0.2) is 42.5 Å². The highest BCUT2D eigenvalue weighted by molar-refractivity contribution is 5.90. The Kier molecular flexibility index (Phi) is 5.35. The third-order valence-corrected chi connectivity index (χ3v) is 4.89. The minimum Gasteiger partial charge on any atom is -0.494 e. The highest BCUT2D eigenvalue weighted by Crippen LogP contribution is 2.33. The van der Waals surface area contributed by atoms with Gasteiger partial charge in [0.25, 0.3) is 0 Å². The monoisotopic (exact) mass is 355 g/mol. The van der Waals surface area contributed by atoms with Gasteiger partial charge in [-0.1, -0.05) is 35.9 Å². The van der Waals surface area contributed by atoms with Crippen LogP contribution in [0.25, 0.3) is 0 Å². The SMILES string of the molecule is COc1ccc([C@@H]2CNC(=O)[C@H]2CC(=O)Cc2ccc(C)cc2)cc1F. The quantitative estimate of drug-likeness (QED) is 0.866. The number of benzene rings is 2. The molecule has 2 aromatic rings. The van der Waals surface area contributed by atoms with Crippen molar-refractivity contribution in [1.82, 2.24) is 5.32 Å². The van der Waals surface area contributed by atoms with Crippen LogP contribution in [0, 0.1) is 18.7 Å². The van der Waals surface area contributed by atoms with Crippen molar-refractivity contribution in [2.75, 3.05) is 13.7 Å². The minimum atomic E-state index is -0.472. The van der Waals surface area contributed by atoms with Crippen molar-refractivity contribution >= 4 is 11.7 Å². The predicted octanol–water partition coefficient (Wildman–Crippen LogP) is 3.17. The van der Waals surface area contributed by atoms with Crippen molar-refractivity contribution in [2.45, 2.75) is 25.7 Å². The van der Waals surface area contributed by atoms with Gasteiger partial charge in [0.2, 0.25) is 5.91 Å². The predicted molar refractivity (Wildman–Crippen MR) is 96.7 cm³/mol. The molecular formula is C21H22FNO3. The smallest absolute Gasteiger partial charge is 0.224 e. The van der Waals surface area contributed by atoms with Crippen molar-refractivity contribution < 1.29 is 18.7 Å². The van der Waals surface area contributed by atoms with E-state index < -0.39 is 11.7 Å². The first-order valence-corrected chi connectivity index (χ1v) is 8.66. The summed E-state index contributed by atoms with van der Waals surface area (Å²) >= 11 is 0. The minimum absolute atomic E-state index is 0.00915. The summed E-state index contributed by atoms with van der Waals surface area (Å²) in [6, 6.07) is 12.5. The molecule has 0 spiro atoms. The van der Waals surface area contributed by atoms with E-state index in [-0.39, 0.29) is 29.8 Å². The maximum Gasteiger partial charge on any atom is 0.224 e. The van der Waals surface area contributed by atoms with Gasteiger partial charge >= 0.3 is 0 Å². The van der Waals surface area contributed by atoms with E-state index in [1.54, 1.807) is 12.1 Å². The molecule has 4 nitrogen and oxygen atoms in total. The number of carbonyl (C=O) groups excluding carboxylic acids is 2. The average molecular weight is 355 g/mol. The molecule has 136 valence electrons. The molecule has 0 bridgehead atoms. The lowest BCUT2D eigenvalue weighted by Gasteiger charge is -2.17. The molecule has 3 rings (SSSR count). The Labute approximate surface area is 152 Å². The lowest BCUT2D eigenvalue weighted by Crippen LogP contribution is -2.23. The Morgan fingerprint density at radius 3 is 2.62 bits per heavy atom. The van der Waals surface area contributed by atoms with Crippen molar-refractivity contribution in [3.8, 4) is 5.75 Å². The zero-order chi connectivity index (χ0) is 18.7. The van der Waals surface area contributed by atoms with E-state index in [4.69, 9.17) is 4.74 Å². The molecule has 1 N–H and O–H groups in total. The number of Topliss-reactive ketones (excluding diaryl/α,β-unsaturated/α-hetero) is 1. The second kappa shape index (κ2) is 7.68. The normalized spacial score (nSPS) is 19.3. The number of methoxy groups -OCH3 is 1. The first kappa shape index (κ1) is 18.1. The lowest BCUT2D eigenvalue weighted by atomic mass is 9.84. The Morgan fingerprint density at radius 2 is 1.96 bits per heavy atom. The second-order valence-electron chi connectivity index (χ2n) is 6.76. The number of rotatable bonds is 6. The molecule has 0 radical (unpaired) electrons. The largest absolute Gasteiger partial charge is 0.494 e. The highest BCUT2D eigenvalue weighted by atomic mass is 19.1. The van der Waals surface area contributed by atoms with Crippen LogP contribution in [0.4, 0.5) is 4.39 Å². The average Bonchev–Trinajstić information content (AvgIpc) is 2.97. The molecule has 1 amide bonds. The van der Waals surface area contributed by atoms with Gasteiger partial charge in [-0.3, -0.25) is 9.59 Å². The van der Waals surface area contributed by atoms with Gasteiger partial charge in [-0.05, 0) is 30.2 Å². The van der Waals surface area contributed by atoms with Crippen molar-refractivity contribution in [3.63, 3.8) is 0 Å². The molecule has 1 saturated heterocycles. The van der Waals surface area contributed by atoms with E-state index in [0.717, 1.165) is 11.1 Å². The molecule has 1 aliphatic heterocycles. The van der Waals surface area contributed by atoms with Crippen LogP contribution in [0.1, 0.15) is 29.0 Å². The van der Waals surface area contributed by atoms with E-state index in [1.165, 1.54) is 13.2 Å². The van der Waals surface area contributed by atoms with E-state index in [1.807, 2.05) is 31.2 Å². The lowest BCUT2D eigenvalue weighted by molar-refractivity contribution is -0.127. The number of aryl methyl sites for hydroxylation is 1. The molecule has 2 atom stereocenters. The first-order valence-electron chi connectivity index (χ1n) is 8.66. The number of ketones is 1. The zero-order valence-corrected chi connectivity index (χ0v) is 14.9. The summed E-state index contributed by atoms with van der Waals surface area (Å²) in [6.07, 6.45) is 0.450. The molecule has 26 heavy (non-hydrogen) atoms. The Bertz CT molecular complexity index is 817. The number of nitrogens with one attached hydrogen (secondary N) is 1. The van der Waals surface area contributed by atoms with Gasteiger partial charge < -0.3 is 10.1 Å². The maximum atomic E-state index is 14.0. The van der Waals surface area contributed by atoms with Gasteiger partial charge in [-0.15, -0.1) is 0 Å². The van der Waals surface area contributed by atoms with Crippen LogP contribution < -0.4 is 10.1 Å². The first-order chi connectivity index (χ1) is 12.5. The van der Waals surface area contributed by atoms with E-state index in [0.29, 0.717) is 18.5 Å².